The van der Waals surface area contributed by atoms with E-state index < -0.39 is 0 Å². The van der Waals surface area contributed by atoms with E-state index in [0.717, 1.165) is 24.2 Å². The van der Waals surface area contributed by atoms with Gasteiger partial charge in [-0.1, -0.05) is 20.3 Å². The molecule has 1 unspecified atom stereocenters. The fourth-order valence-corrected chi connectivity index (χ4v) is 1.15. The summed E-state index contributed by atoms with van der Waals surface area (Å²) in [6.07, 6.45) is 4.61. The Bertz CT molecular complexity index is 276. The van der Waals surface area contributed by atoms with Crippen LogP contribution >= 0.6 is 0 Å². The van der Waals surface area contributed by atoms with E-state index in [1.807, 2.05) is 6.07 Å². The lowest BCUT2D eigenvalue weighted by molar-refractivity contribution is 0.282. The van der Waals surface area contributed by atoms with E-state index in [4.69, 9.17) is 5.11 Å². The Labute approximate surface area is 85.2 Å². The molecule has 0 aliphatic heterocycles. The molecule has 14 heavy (non-hydrogen) atoms. The van der Waals surface area contributed by atoms with Crippen molar-refractivity contribution in [2.24, 2.45) is 5.92 Å². The van der Waals surface area contributed by atoms with Crippen molar-refractivity contribution in [2.75, 3.05) is 11.9 Å². The van der Waals surface area contributed by atoms with Gasteiger partial charge < -0.3 is 10.4 Å². The van der Waals surface area contributed by atoms with Gasteiger partial charge in [0.05, 0.1) is 18.5 Å². The van der Waals surface area contributed by atoms with Crippen LogP contribution < -0.4 is 5.32 Å². The van der Waals surface area contributed by atoms with Crippen LogP contribution in [0.25, 0.3) is 0 Å². The molecule has 0 bridgehead atoms. The third-order valence-corrected chi connectivity index (χ3v) is 2.42. The minimum Gasteiger partial charge on any atom is -0.392 e. The Morgan fingerprint density at radius 2 is 2.36 bits per heavy atom. The third-order valence-electron chi connectivity index (χ3n) is 2.42. The Morgan fingerprint density at radius 3 is 3.00 bits per heavy atom. The molecule has 3 nitrogen and oxygen atoms in total. The zero-order valence-electron chi connectivity index (χ0n) is 8.83. The monoisotopic (exact) mass is 194 g/mol. The largest absolute Gasteiger partial charge is 0.392 e. The first kappa shape index (κ1) is 11.0. The number of hydrogen-bond donors (Lipinski definition) is 2. The summed E-state index contributed by atoms with van der Waals surface area (Å²) in [5, 5.41) is 12.4. The van der Waals surface area contributed by atoms with Crippen LogP contribution in [-0.2, 0) is 6.61 Å². The van der Waals surface area contributed by atoms with Crippen molar-refractivity contribution in [3.8, 4) is 0 Å². The van der Waals surface area contributed by atoms with Gasteiger partial charge in [0, 0.05) is 18.3 Å². The summed E-state index contributed by atoms with van der Waals surface area (Å²) < 4.78 is 0. The summed E-state index contributed by atoms with van der Waals surface area (Å²) in [5.41, 5.74) is 1.85. The second-order valence-corrected chi connectivity index (χ2v) is 3.59. The molecule has 2 N–H and O–H groups in total. The standard InChI is InChI=1S/C11H18N2O/c1-3-9(2)6-13-11-7-12-5-4-10(11)8-14/h4-5,7,9,13-14H,3,6,8H2,1-2H3. The predicted molar refractivity (Wildman–Crippen MR) is 58.1 cm³/mol. The van der Waals surface area contributed by atoms with E-state index in [2.05, 4.69) is 24.1 Å². The van der Waals surface area contributed by atoms with Gasteiger partial charge >= 0.3 is 0 Å². The smallest absolute Gasteiger partial charge is 0.0703 e. The second kappa shape index (κ2) is 5.60. The van der Waals surface area contributed by atoms with E-state index >= 15 is 0 Å². The third kappa shape index (κ3) is 3.00. The van der Waals surface area contributed by atoms with Gasteiger partial charge in [-0.15, -0.1) is 0 Å². The number of aliphatic hydroxyl groups excluding tert-OH is 1. The van der Waals surface area contributed by atoms with Crippen molar-refractivity contribution in [3.63, 3.8) is 0 Å². The van der Waals surface area contributed by atoms with Crippen LogP contribution in [0.2, 0.25) is 0 Å². The predicted octanol–water partition coefficient (Wildman–Crippen LogP) is 2.03. The van der Waals surface area contributed by atoms with Gasteiger partial charge in [-0.3, -0.25) is 4.98 Å². The average molecular weight is 194 g/mol. The Hall–Kier alpha value is -1.09. The van der Waals surface area contributed by atoms with E-state index in [1.54, 1.807) is 12.4 Å². The van der Waals surface area contributed by atoms with E-state index in [9.17, 15) is 0 Å². The van der Waals surface area contributed by atoms with Crippen LogP contribution in [0.1, 0.15) is 25.8 Å². The molecule has 0 aliphatic carbocycles. The quantitative estimate of drug-likeness (QED) is 0.754. The lowest BCUT2D eigenvalue weighted by atomic mass is 10.1. The number of aliphatic hydroxyl groups is 1. The first-order valence-corrected chi connectivity index (χ1v) is 5.05. The average Bonchev–Trinajstić information content (AvgIpc) is 2.26. The molecular weight excluding hydrogens is 176 g/mol. The topological polar surface area (TPSA) is 45.2 Å². The summed E-state index contributed by atoms with van der Waals surface area (Å²) in [6, 6.07) is 1.83. The van der Waals surface area contributed by atoms with E-state index in [1.165, 1.54) is 0 Å². The van der Waals surface area contributed by atoms with Crippen molar-refractivity contribution in [1.82, 2.24) is 4.98 Å². The van der Waals surface area contributed by atoms with Gasteiger partial charge in [0.25, 0.3) is 0 Å². The summed E-state index contributed by atoms with van der Waals surface area (Å²) in [7, 11) is 0. The number of hydrogen-bond acceptors (Lipinski definition) is 3. The first-order valence-electron chi connectivity index (χ1n) is 5.05. The maximum absolute atomic E-state index is 9.07. The Balaban J connectivity index is 2.57. The lowest BCUT2D eigenvalue weighted by Crippen LogP contribution is -2.11. The van der Waals surface area contributed by atoms with Gasteiger partial charge in [-0.25, -0.2) is 0 Å². The molecular formula is C11H18N2O. The highest BCUT2D eigenvalue weighted by atomic mass is 16.3. The zero-order valence-corrected chi connectivity index (χ0v) is 8.83. The minimum atomic E-state index is 0.0609. The van der Waals surface area contributed by atoms with E-state index in [-0.39, 0.29) is 6.61 Å². The van der Waals surface area contributed by atoms with Gasteiger partial charge in [0.15, 0.2) is 0 Å². The molecule has 1 atom stereocenters. The molecule has 0 aromatic carbocycles. The molecule has 0 spiro atoms. The number of pyridine rings is 1. The molecule has 0 fully saturated rings. The normalized spacial score (nSPS) is 12.5. The molecule has 0 saturated carbocycles. The van der Waals surface area contributed by atoms with Crippen molar-refractivity contribution in [3.05, 3.63) is 24.0 Å². The lowest BCUT2D eigenvalue weighted by Gasteiger charge is -2.13. The SMILES string of the molecule is CCC(C)CNc1cnccc1CO. The Morgan fingerprint density at radius 1 is 1.57 bits per heavy atom. The van der Waals surface area contributed by atoms with Crippen LogP contribution in [0.15, 0.2) is 18.5 Å². The molecule has 1 heterocycles. The Kier molecular flexibility index (Phi) is 4.40. The van der Waals surface area contributed by atoms with Gasteiger partial charge in [0.2, 0.25) is 0 Å². The van der Waals surface area contributed by atoms with Crippen LogP contribution in [0.5, 0.6) is 0 Å². The summed E-state index contributed by atoms with van der Waals surface area (Å²) in [6.45, 7) is 5.35. The highest BCUT2D eigenvalue weighted by molar-refractivity contribution is 5.48. The number of aromatic nitrogens is 1. The number of nitrogens with zero attached hydrogens (tertiary/aromatic N) is 1. The van der Waals surface area contributed by atoms with E-state index in [0.29, 0.717) is 5.92 Å². The number of anilines is 1. The van der Waals surface area contributed by atoms with Crippen molar-refractivity contribution in [1.29, 1.82) is 0 Å². The van der Waals surface area contributed by atoms with Crippen LogP contribution in [-0.4, -0.2) is 16.6 Å². The summed E-state index contributed by atoms with van der Waals surface area (Å²) >= 11 is 0. The first-order chi connectivity index (χ1) is 6.77. The molecule has 0 radical (unpaired) electrons. The molecule has 1 rings (SSSR count). The highest BCUT2D eigenvalue weighted by Gasteiger charge is 2.02. The molecule has 0 aliphatic rings. The summed E-state index contributed by atoms with van der Waals surface area (Å²) in [4.78, 5) is 4.02. The van der Waals surface area contributed by atoms with Gasteiger partial charge in [-0.05, 0) is 12.0 Å². The minimum absolute atomic E-state index is 0.0609. The van der Waals surface area contributed by atoms with Crippen LogP contribution in [0, 0.1) is 5.92 Å². The number of nitrogens with one attached hydrogen (secondary N) is 1. The van der Waals surface area contributed by atoms with Gasteiger partial charge in [-0.2, -0.15) is 0 Å². The maximum atomic E-state index is 9.07. The summed E-state index contributed by atoms with van der Waals surface area (Å²) in [5.74, 6) is 0.641. The molecule has 0 saturated heterocycles. The molecule has 0 amide bonds. The number of rotatable bonds is 5. The van der Waals surface area contributed by atoms with Crippen LogP contribution in [0.3, 0.4) is 0 Å². The maximum Gasteiger partial charge on any atom is 0.0703 e. The second-order valence-electron chi connectivity index (χ2n) is 3.59. The molecule has 1 aromatic heterocycles. The fourth-order valence-electron chi connectivity index (χ4n) is 1.15. The molecule has 78 valence electrons. The van der Waals surface area contributed by atoms with Crippen molar-refractivity contribution >= 4 is 5.69 Å². The van der Waals surface area contributed by atoms with Gasteiger partial charge in [0.1, 0.15) is 0 Å². The van der Waals surface area contributed by atoms with Crippen molar-refractivity contribution < 1.29 is 5.11 Å². The zero-order chi connectivity index (χ0) is 10.4. The van der Waals surface area contributed by atoms with Crippen molar-refractivity contribution in [2.45, 2.75) is 26.9 Å². The molecule has 1 aromatic rings. The molecule has 3 heteroatoms. The fraction of sp³-hybridized carbons (Fsp3) is 0.545. The van der Waals surface area contributed by atoms with Crippen LogP contribution in [0.4, 0.5) is 5.69 Å². The highest BCUT2D eigenvalue weighted by Crippen LogP contribution is 2.14.